The van der Waals surface area contributed by atoms with Gasteiger partial charge in [-0.05, 0) is 32.4 Å². The van der Waals surface area contributed by atoms with E-state index in [9.17, 15) is 9.59 Å². The van der Waals surface area contributed by atoms with Crippen LogP contribution in [0.25, 0.3) is 0 Å². The number of amides is 1. The highest BCUT2D eigenvalue weighted by Gasteiger charge is 2.22. The molecule has 0 bridgehead atoms. The van der Waals surface area contributed by atoms with Crippen LogP contribution >= 0.6 is 0 Å². The fourth-order valence-corrected chi connectivity index (χ4v) is 2.32. The van der Waals surface area contributed by atoms with Gasteiger partial charge in [-0.1, -0.05) is 30.3 Å². The molecule has 1 aromatic carbocycles. The molecule has 116 valence electrons. The van der Waals surface area contributed by atoms with Gasteiger partial charge in [-0.25, -0.2) is 4.68 Å². The molecular formula is C17H21N3O2. The quantitative estimate of drug-likeness (QED) is 0.850. The maximum Gasteiger partial charge on any atom is 0.267 e. The van der Waals surface area contributed by atoms with Crippen molar-refractivity contribution in [3.8, 4) is 0 Å². The van der Waals surface area contributed by atoms with Crippen molar-refractivity contribution >= 4 is 5.91 Å². The summed E-state index contributed by atoms with van der Waals surface area (Å²) in [4.78, 5) is 26.3. The molecular weight excluding hydrogens is 278 g/mol. The van der Waals surface area contributed by atoms with E-state index in [1.54, 1.807) is 24.8 Å². The Balaban J connectivity index is 2.20. The summed E-state index contributed by atoms with van der Waals surface area (Å²) in [6, 6.07) is 12.3. The van der Waals surface area contributed by atoms with Crippen molar-refractivity contribution < 1.29 is 4.79 Å². The molecule has 2 aromatic rings. The molecule has 0 aliphatic rings. The monoisotopic (exact) mass is 299 g/mol. The summed E-state index contributed by atoms with van der Waals surface area (Å²) in [5.74, 6) is -0.105. The Bertz CT molecular complexity index is 695. The van der Waals surface area contributed by atoms with Gasteiger partial charge in [0, 0.05) is 19.2 Å². The van der Waals surface area contributed by atoms with E-state index in [4.69, 9.17) is 0 Å². The van der Waals surface area contributed by atoms with E-state index >= 15 is 0 Å². The van der Waals surface area contributed by atoms with Crippen LogP contribution < -0.4 is 5.56 Å². The Hall–Kier alpha value is -2.43. The zero-order chi connectivity index (χ0) is 16.1. The van der Waals surface area contributed by atoms with Gasteiger partial charge in [0.1, 0.15) is 6.04 Å². The van der Waals surface area contributed by atoms with E-state index in [2.05, 4.69) is 5.10 Å². The van der Waals surface area contributed by atoms with Crippen molar-refractivity contribution in [2.75, 3.05) is 6.54 Å². The molecule has 0 unspecified atom stereocenters. The van der Waals surface area contributed by atoms with Gasteiger partial charge in [0.25, 0.3) is 5.56 Å². The number of aryl methyl sites for hydroxylation is 1. The van der Waals surface area contributed by atoms with Crippen molar-refractivity contribution in [3.63, 3.8) is 0 Å². The SMILES string of the molecule is CCN(Cc1ccccc1)C(=O)[C@@H](C)n1nc(C)ccc1=O. The van der Waals surface area contributed by atoms with E-state index in [1.807, 2.05) is 37.3 Å². The number of nitrogens with zero attached hydrogens (tertiary/aromatic N) is 3. The Morgan fingerprint density at radius 1 is 1.23 bits per heavy atom. The maximum absolute atomic E-state index is 12.7. The van der Waals surface area contributed by atoms with Gasteiger partial charge >= 0.3 is 0 Å². The van der Waals surface area contributed by atoms with Crippen molar-refractivity contribution in [1.82, 2.24) is 14.7 Å². The van der Waals surface area contributed by atoms with E-state index in [0.29, 0.717) is 18.8 Å². The topological polar surface area (TPSA) is 55.2 Å². The van der Waals surface area contributed by atoms with Gasteiger partial charge in [-0.15, -0.1) is 0 Å². The van der Waals surface area contributed by atoms with Crippen LogP contribution in [-0.4, -0.2) is 27.1 Å². The summed E-state index contributed by atoms with van der Waals surface area (Å²) in [7, 11) is 0. The molecule has 0 fully saturated rings. The Morgan fingerprint density at radius 3 is 2.55 bits per heavy atom. The molecule has 5 heteroatoms. The fourth-order valence-electron chi connectivity index (χ4n) is 2.32. The van der Waals surface area contributed by atoms with E-state index in [-0.39, 0.29) is 11.5 Å². The smallest absolute Gasteiger partial charge is 0.267 e. The van der Waals surface area contributed by atoms with Crippen molar-refractivity contribution in [1.29, 1.82) is 0 Å². The van der Waals surface area contributed by atoms with Gasteiger partial charge in [0.2, 0.25) is 5.91 Å². The van der Waals surface area contributed by atoms with Crippen LogP contribution in [0.1, 0.15) is 31.1 Å². The first kappa shape index (κ1) is 15.9. The zero-order valence-corrected chi connectivity index (χ0v) is 13.2. The number of rotatable bonds is 5. The Morgan fingerprint density at radius 2 is 1.91 bits per heavy atom. The molecule has 1 amide bonds. The zero-order valence-electron chi connectivity index (χ0n) is 13.2. The summed E-state index contributed by atoms with van der Waals surface area (Å²) in [6.45, 7) is 6.55. The average molecular weight is 299 g/mol. The largest absolute Gasteiger partial charge is 0.337 e. The lowest BCUT2D eigenvalue weighted by Gasteiger charge is -2.25. The highest BCUT2D eigenvalue weighted by atomic mass is 16.2. The van der Waals surface area contributed by atoms with Crippen LogP contribution in [-0.2, 0) is 11.3 Å². The number of carbonyl (C=O) groups excluding carboxylic acids is 1. The molecule has 0 N–H and O–H groups in total. The van der Waals surface area contributed by atoms with Crippen LogP contribution in [0.2, 0.25) is 0 Å². The molecule has 1 heterocycles. The van der Waals surface area contributed by atoms with Crippen LogP contribution in [0.5, 0.6) is 0 Å². The van der Waals surface area contributed by atoms with Crippen molar-refractivity contribution in [2.45, 2.75) is 33.4 Å². The molecule has 0 aliphatic heterocycles. The molecule has 0 saturated heterocycles. The normalized spacial score (nSPS) is 12.0. The first-order valence-corrected chi connectivity index (χ1v) is 7.42. The molecule has 0 aliphatic carbocycles. The van der Waals surface area contributed by atoms with Gasteiger partial charge in [0.05, 0.1) is 5.69 Å². The first-order valence-electron chi connectivity index (χ1n) is 7.42. The number of hydrogen-bond acceptors (Lipinski definition) is 3. The van der Waals surface area contributed by atoms with Crippen LogP contribution in [0.15, 0.2) is 47.3 Å². The maximum atomic E-state index is 12.7. The summed E-state index contributed by atoms with van der Waals surface area (Å²) in [5, 5.41) is 4.17. The third kappa shape index (κ3) is 3.61. The first-order chi connectivity index (χ1) is 10.5. The van der Waals surface area contributed by atoms with Crippen LogP contribution in [0.3, 0.4) is 0 Å². The van der Waals surface area contributed by atoms with Crippen LogP contribution in [0, 0.1) is 6.92 Å². The predicted molar refractivity (Wildman–Crippen MR) is 85.5 cm³/mol. The average Bonchev–Trinajstić information content (AvgIpc) is 2.54. The Kier molecular flexibility index (Phi) is 5.09. The molecule has 1 aromatic heterocycles. The second kappa shape index (κ2) is 7.02. The minimum Gasteiger partial charge on any atom is -0.337 e. The number of aromatic nitrogens is 2. The second-order valence-corrected chi connectivity index (χ2v) is 5.27. The van der Waals surface area contributed by atoms with Crippen LogP contribution in [0.4, 0.5) is 0 Å². The van der Waals surface area contributed by atoms with E-state index < -0.39 is 6.04 Å². The molecule has 5 nitrogen and oxygen atoms in total. The predicted octanol–water partition coefficient (Wildman–Crippen LogP) is 2.16. The highest BCUT2D eigenvalue weighted by Crippen LogP contribution is 2.11. The third-order valence-corrected chi connectivity index (χ3v) is 3.59. The lowest BCUT2D eigenvalue weighted by molar-refractivity contribution is -0.135. The minimum absolute atomic E-state index is 0.105. The summed E-state index contributed by atoms with van der Waals surface area (Å²) in [6.07, 6.45) is 0. The highest BCUT2D eigenvalue weighted by molar-refractivity contribution is 5.79. The third-order valence-electron chi connectivity index (χ3n) is 3.59. The lowest BCUT2D eigenvalue weighted by atomic mass is 10.2. The van der Waals surface area contributed by atoms with Crippen molar-refractivity contribution in [2.24, 2.45) is 0 Å². The number of hydrogen-bond donors (Lipinski definition) is 0. The van der Waals surface area contributed by atoms with E-state index in [1.165, 1.54) is 10.7 Å². The van der Waals surface area contributed by atoms with E-state index in [0.717, 1.165) is 5.56 Å². The minimum atomic E-state index is -0.615. The summed E-state index contributed by atoms with van der Waals surface area (Å²) in [5.41, 5.74) is 1.52. The summed E-state index contributed by atoms with van der Waals surface area (Å²) < 4.78 is 1.26. The number of carbonyl (C=O) groups is 1. The molecule has 2 rings (SSSR count). The van der Waals surface area contributed by atoms with Gasteiger partial charge in [-0.3, -0.25) is 9.59 Å². The molecule has 0 spiro atoms. The molecule has 22 heavy (non-hydrogen) atoms. The van der Waals surface area contributed by atoms with Gasteiger partial charge in [0.15, 0.2) is 0 Å². The van der Waals surface area contributed by atoms with Gasteiger partial charge in [-0.2, -0.15) is 5.10 Å². The molecule has 0 saturated carbocycles. The molecule has 0 radical (unpaired) electrons. The number of benzene rings is 1. The number of likely N-dealkylation sites (N-methyl/N-ethyl adjacent to an activating group) is 1. The second-order valence-electron chi connectivity index (χ2n) is 5.27. The van der Waals surface area contributed by atoms with Gasteiger partial charge < -0.3 is 4.90 Å². The standard InChI is InChI=1S/C17H21N3O2/c1-4-19(12-15-8-6-5-7-9-15)17(22)14(3)20-16(21)11-10-13(2)18-20/h5-11,14H,4,12H2,1-3H3/t14-/m1/s1. The fraction of sp³-hybridized carbons (Fsp3) is 0.353. The Labute approximate surface area is 130 Å². The van der Waals surface area contributed by atoms with Crippen molar-refractivity contribution in [3.05, 3.63) is 64.1 Å². The molecule has 1 atom stereocenters. The lowest BCUT2D eigenvalue weighted by Crippen LogP contribution is -2.39. The summed E-state index contributed by atoms with van der Waals surface area (Å²) >= 11 is 0.